The highest BCUT2D eigenvalue weighted by atomic mass is 16.4. The van der Waals surface area contributed by atoms with Gasteiger partial charge >= 0.3 is 5.97 Å². The summed E-state index contributed by atoms with van der Waals surface area (Å²) in [5, 5.41) is 13.4. The van der Waals surface area contributed by atoms with E-state index >= 15 is 0 Å². The molecule has 0 spiro atoms. The Morgan fingerprint density at radius 1 is 1.50 bits per heavy atom. The molecule has 1 unspecified atom stereocenters. The van der Waals surface area contributed by atoms with Crippen molar-refractivity contribution in [1.29, 1.82) is 0 Å². The maximum atomic E-state index is 10.9. The van der Waals surface area contributed by atoms with Crippen molar-refractivity contribution in [2.75, 3.05) is 20.1 Å². The first-order chi connectivity index (χ1) is 9.61. The topological polar surface area (TPSA) is 70.7 Å². The van der Waals surface area contributed by atoms with E-state index < -0.39 is 5.97 Å². The molecule has 0 aromatic carbocycles. The van der Waals surface area contributed by atoms with E-state index in [4.69, 9.17) is 5.11 Å². The number of fused-ring (bicyclic) bond motifs is 1. The van der Waals surface area contributed by atoms with Gasteiger partial charge in [0, 0.05) is 19.2 Å². The van der Waals surface area contributed by atoms with E-state index in [-0.39, 0.29) is 5.56 Å². The van der Waals surface area contributed by atoms with Crippen molar-refractivity contribution >= 4 is 11.6 Å². The minimum Gasteiger partial charge on any atom is -0.478 e. The summed E-state index contributed by atoms with van der Waals surface area (Å²) < 4.78 is 1.56. The van der Waals surface area contributed by atoms with Crippen LogP contribution in [-0.2, 0) is 6.42 Å². The SMILES string of the molecule is CN1CCCC(Cc2nc3ccc(C(=O)O)cn3n2)C1. The molecule has 0 aliphatic carbocycles. The number of aromatic nitrogens is 3. The zero-order chi connectivity index (χ0) is 14.1. The van der Waals surface area contributed by atoms with Crippen molar-refractivity contribution in [3.63, 3.8) is 0 Å². The van der Waals surface area contributed by atoms with Crippen molar-refractivity contribution in [2.45, 2.75) is 19.3 Å². The lowest BCUT2D eigenvalue weighted by molar-refractivity contribution is 0.0696. The van der Waals surface area contributed by atoms with E-state index in [1.807, 2.05) is 0 Å². The number of hydrogen-bond donors (Lipinski definition) is 1. The summed E-state index contributed by atoms with van der Waals surface area (Å²) in [5.41, 5.74) is 0.931. The fourth-order valence-electron chi connectivity index (χ4n) is 2.84. The minimum absolute atomic E-state index is 0.228. The molecule has 6 heteroatoms. The average Bonchev–Trinajstić information content (AvgIpc) is 2.79. The summed E-state index contributed by atoms with van der Waals surface area (Å²) in [6.45, 7) is 2.24. The number of carboxylic acid groups (broad SMARTS) is 1. The molecule has 0 bridgehead atoms. The second-order valence-corrected chi connectivity index (χ2v) is 5.53. The van der Waals surface area contributed by atoms with Gasteiger partial charge in [0.25, 0.3) is 0 Å². The Bertz CT molecular complexity index is 637. The number of pyridine rings is 1. The lowest BCUT2D eigenvalue weighted by Crippen LogP contribution is -2.33. The Balaban J connectivity index is 1.80. The van der Waals surface area contributed by atoms with E-state index in [1.54, 1.807) is 16.6 Å². The van der Waals surface area contributed by atoms with Crippen molar-refractivity contribution < 1.29 is 9.90 Å². The van der Waals surface area contributed by atoms with Gasteiger partial charge < -0.3 is 10.0 Å². The normalized spacial score (nSPS) is 20.4. The molecule has 0 radical (unpaired) electrons. The molecule has 20 heavy (non-hydrogen) atoms. The molecule has 3 heterocycles. The molecule has 0 amide bonds. The number of carboxylic acids is 1. The van der Waals surface area contributed by atoms with Gasteiger partial charge in [-0.3, -0.25) is 0 Å². The number of hydrogen-bond acceptors (Lipinski definition) is 4. The van der Waals surface area contributed by atoms with Gasteiger partial charge in [0.2, 0.25) is 0 Å². The summed E-state index contributed by atoms with van der Waals surface area (Å²) in [4.78, 5) is 17.7. The van der Waals surface area contributed by atoms with Crippen LogP contribution in [0.3, 0.4) is 0 Å². The van der Waals surface area contributed by atoms with E-state index in [0.717, 1.165) is 25.3 Å². The summed E-state index contributed by atoms with van der Waals surface area (Å²) >= 11 is 0. The van der Waals surface area contributed by atoms with Gasteiger partial charge in [-0.05, 0) is 44.5 Å². The Hall–Kier alpha value is -1.95. The standard InChI is InChI=1S/C14H18N4O2/c1-17-6-2-3-10(8-17)7-12-15-13-5-4-11(14(19)20)9-18(13)16-12/h4-5,9-10H,2-3,6-8H2,1H3,(H,19,20). The van der Waals surface area contributed by atoms with Gasteiger partial charge in [0.1, 0.15) is 0 Å². The first kappa shape index (κ1) is 13.1. The molecular weight excluding hydrogens is 256 g/mol. The molecule has 1 N–H and O–H groups in total. The maximum Gasteiger partial charge on any atom is 0.337 e. The second kappa shape index (κ2) is 5.20. The fraction of sp³-hybridized carbons (Fsp3) is 0.500. The summed E-state index contributed by atoms with van der Waals surface area (Å²) in [7, 11) is 2.14. The predicted molar refractivity (Wildman–Crippen MR) is 73.9 cm³/mol. The van der Waals surface area contributed by atoms with Crippen LogP contribution in [0.1, 0.15) is 29.0 Å². The number of piperidine rings is 1. The average molecular weight is 274 g/mol. The molecule has 2 aromatic rings. The molecule has 1 aliphatic heterocycles. The third kappa shape index (κ3) is 2.65. The van der Waals surface area contributed by atoms with E-state index in [1.165, 1.54) is 19.0 Å². The molecule has 3 rings (SSSR count). The highest BCUT2D eigenvalue weighted by Crippen LogP contribution is 2.18. The van der Waals surface area contributed by atoms with Crippen molar-refractivity contribution in [3.8, 4) is 0 Å². The van der Waals surface area contributed by atoms with E-state index in [0.29, 0.717) is 11.6 Å². The Morgan fingerprint density at radius 2 is 2.35 bits per heavy atom. The molecule has 1 saturated heterocycles. The van der Waals surface area contributed by atoms with Crippen LogP contribution in [0, 0.1) is 5.92 Å². The van der Waals surface area contributed by atoms with E-state index in [9.17, 15) is 4.79 Å². The monoisotopic (exact) mass is 274 g/mol. The Kier molecular flexibility index (Phi) is 3.40. The zero-order valence-corrected chi connectivity index (χ0v) is 11.5. The van der Waals surface area contributed by atoms with E-state index in [2.05, 4.69) is 22.0 Å². The highest BCUT2D eigenvalue weighted by Gasteiger charge is 2.19. The van der Waals surface area contributed by atoms with Gasteiger partial charge in [-0.25, -0.2) is 14.3 Å². The van der Waals surface area contributed by atoms with Gasteiger partial charge in [0.05, 0.1) is 5.56 Å². The first-order valence-corrected chi connectivity index (χ1v) is 6.89. The molecule has 1 atom stereocenters. The van der Waals surface area contributed by atoms with Gasteiger partial charge in [-0.2, -0.15) is 5.10 Å². The predicted octanol–water partition coefficient (Wildman–Crippen LogP) is 1.31. The van der Waals surface area contributed by atoms with Crippen LogP contribution in [0.2, 0.25) is 0 Å². The third-order valence-electron chi connectivity index (χ3n) is 3.82. The summed E-state index contributed by atoms with van der Waals surface area (Å²) in [6, 6.07) is 3.26. The Labute approximate surface area is 117 Å². The summed E-state index contributed by atoms with van der Waals surface area (Å²) in [6.07, 6.45) is 4.80. The second-order valence-electron chi connectivity index (χ2n) is 5.53. The molecule has 0 saturated carbocycles. The lowest BCUT2D eigenvalue weighted by atomic mass is 9.95. The van der Waals surface area contributed by atoms with Crippen LogP contribution >= 0.6 is 0 Å². The molecule has 2 aromatic heterocycles. The van der Waals surface area contributed by atoms with Crippen LogP contribution in [0.25, 0.3) is 5.65 Å². The smallest absolute Gasteiger partial charge is 0.337 e. The van der Waals surface area contributed by atoms with Crippen molar-refractivity contribution in [1.82, 2.24) is 19.5 Å². The third-order valence-corrected chi connectivity index (χ3v) is 3.82. The lowest BCUT2D eigenvalue weighted by Gasteiger charge is -2.28. The van der Waals surface area contributed by atoms with Gasteiger partial charge in [-0.1, -0.05) is 0 Å². The molecule has 6 nitrogen and oxygen atoms in total. The van der Waals surface area contributed by atoms with Crippen LogP contribution in [0.15, 0.2) is 18.3 Å². The molecular formula is C14H18N4O2. The Morgan fingerprint density at radius 3 is 3.10 bits per heavy atom. The highest BCUT2D eigenvalue weighted by molar-refractivity contribution is 5.87. The number of carbonyl (C=O) groups is 1. The first-order valence-electron chi connectivity index (χ1n) is 6.89. The number of nitrogens with zero attached hydrogens (tertiary/aromatic N) is 4. The molecule has 1 aliphatic rings. The van der Waals surface area contributed by atoms with Crippen LogP contribution in [0.5, 0.6) is 0 Å². The fourth-order valence-corrected chi connectivity index (χ4v) is 2.84. The molecule has 1 fully saturated rings. The number of aromatic carboxylic acids is 1. The maximum absolute atomic E-state index is 10.9. The van der Waals surface area contributed by atoms with Crippen LogP contribution in [-0.4, -0.2) is 50.7 Å². The van der Waals surface area contributed by atoms with Gasteiger partial charge in [0.15, 0.2) is 11.5 Å². The summed E-state index contributed by atoms with van der Waals surface area (Å²) in [5.74, 6) is 0.441. The zero-order valence-electron chi connectivity index (χ0n) is 11.5. The van der Waals surface area contributed by atoms with Gasteiger partial charge in [-0.15, -0.1) is 0 Å². The largest absolute Gasteiger partial charge is 0.478 e. The number of rotatable bonds is 3. The molecule has 106 valence electrons. The van der Waals surface area contributed by atoms with Crippen LogP contribution in [0.4, 0.5) is 0 Å². The quantitative estimate of drug-likeness (QED) is 0.913. The minimum atomic E-state index is -0.946. The van der Waals surface area contributed by atoms with Crippen LogP contribution < -0.4 is 0 Å². The number of likely N-dealkylation sites (tertiary alicyclic amines) is 1. The van der Waals surface area contributed by atoms with Crippen molar-refractivity contribution in [2.24, 2.45) is 5.92 Å². The van der Waals surface area contributed by atoms with Crippen molar-refractivity contribution in [3.05, 3.63) is 29.7 Å².